The third-order valence-electron chi connectivity index (χ3n) is 1.18. The van der Waals surface area contributed by atoms with Crippen molar-refractivity contribution in [2.45, 2.75) is 25.1 Å². The van der Waals surface area contributed by atoms with Crippen LogP contribution in [0.25, 0.3) is 0 Å². The van der Waals surface area contributed by atoms with E-state index in [2.05, 4.69) is 5.73 Å². The van der Waals surface area contributed by atoms with Crippen LogP contribution in [-0.4, -0.2) is 18.1 Å². The number of hydrogen-bond acceptors (Lipinski definition) is 1. The molecule has 6 heteroatoms. The topological polar surface area (TPSA) is 70.7 Å². The summed E-state index contributed by atoms with van der Waals surface area (Å²) in [6.45, 7) is 0. The van der Waals surface area contributed by atoms with E-state index in [1.807, 2.05) is 0 Å². The number of halogens is 3. The third kappa shape index (κ3) is 5.65. The second kappa shape index (κ2) is 3.56. The van der Waals surface area contributed by atoms with Crippen molar-refractivity contribution in [3.8, 4) is 0 Å². The quantitative estimate of drug-likeness (QED) is 0.586. The number of primary amides is 1. The Bertz CT molecular complexity index is 145. The summed E-state index contributed by atoms with van der Waals surface area (Å²) in [6, 6.07) is -0.948. The zero-order valence-corrected chi connectivity index (χ0v) is 5.82. The van der Waals surface area contributed by atoms with Gasteiger partial charge in [0.25, 0.3) is 5.91 Å². The van der Waals surface area contributed by atoms with E-state index < -0.39 is 24.5 Å². The molecule has 0 rings (SSSR count). The molecular formula is C5H10F3N2O+. The molecule has 1 atom stereocenters. The fraction of sp³-hybridized carbons (Fsp3) is 0.800. The molecule has 0 aromatic rings. The van der Waals surface area contributed by atoms with Gasteiger partial charge in [-0.15, -0.1) is 0 Å². The number of carbonyl (C=O) groups is 1. The lowest BCUT2D eigenvalue weighted by Crippen LogP contribution is -2.66. The third-order valence-corrected chi connectivity index (χ3v) is 1.18. The average Bonchev–Trinajstić information content (AvgIpc) is 1.80. The Morgan fingerprint density at radius 1 is 1.55 bits per heavy atom. The minimum Gasteiger partial charge on any atom is -0.365 e. The molecule has 0 aliphatic rings. The van der Waals surface area contributed by atoms with E-state index in [1.54, 1.807) is 0 Å². The molecule has 0 heterocycles. The monoisotopic (exact) mass is 171 g/mol. The van der Waals surface area contributed by atoms with E-state index in [4.69, 9.17) is 5.73 Å². The summed E-state index contributed by atoms with van der Waals surface area (Å²) < 4.78 is 34.5. The van der Waals surface area contributed by atoms with Crippen molar-refractivity contribution in [3.63, 3.8) is 0 Å². The molecule has 11 heavy (non-hydrogen) atoms. The summed E-state index contributed by atoms with van der Waals surface area (Å²) in [5, 5.41) is 0. The number of amides is 1. The fourth-order valence-corrected chi connectivity index (χ4v) is 0.480. The van der Waals surface area contributed by atoms with Gasteiger partial charge < -0.3 is 11.5 Å². The maximum atomic E-state index is 11.5. The highest BCUT2D eigenvalue weighted by Gasteiger charge is 2.29. The molecule has 1 amide bonds. The normalized spacial score (nSPS) is 14.5. The summed E-state index contributed by atoms with van der Waals surface area (Å²) in [4.78, 5) is 10.2. The van der Waals surface area contributed by atoms with Gasteiger partial charge in [-0.05, 0) is 0 Å². The second-order valence-corrected chi connectivity index (χ2v) is 2.25. The number of rotatable bonds is 3. The largest absolute Gasteiger partial charge is 0.389 e. The Morgan fingerprint density at radius 2 is 2.00 bits per heavy atom. The Labute approximate surface area is 61.5 Å². The van der Waals surface area contributed by atoms with E-state index in [0.717, 1.165) is 0 Å². The molecule has 0 saturated carbocycles. The predicted molar refractivity (Wildman–Crippen MR) is 31.2 cm³/mol. The first-order chi connectivity index (χ1) is 4.83. The highest BCUT2D eigenvalue weighted by molar-refractivity contribution is 5.78. The zero-order chi connectivity index (χ0) is 9.07. The van der Waals surface area contributed by atoms with Crippen LogP contribution >= 0.6 is 0 Å². The van der Waals surface area contributed by atoms with Gasteiger partial charge >= 0.3 is 6.18 Å². The van der Waals surface area contributed by atoms with Gasteiger partial charge in [-0.1, -0.05) is 0 Å². The molecule has 3 nitrogen and oxygen atoms in total. The van der Waals surface area contributed by atoms with Crippen molar-refractivity contribution in [1.82, 2.24) is 0 Å². The van der Waals surface area contributed by atoms with Crippen LogP contribution in [0.1, 0.15) is 12.8 Å². The maximum Gasteiger partial charge on any atom is 0.389 e. The lowest BCUT2D eigenvalue weighted by Gasteiger charge is -2.06. The van der Waals surface area contributed by atoms with E-state index >= 15 is 0 Å². The van der Waals surface area contributed by atoms with Crippen molar-refractivity contribution >= 4 is 5.91 Å². The highest BCUT2D eigenvalue weighted by atomic mass is 19.4. The van der Waals surface area contributed by atoms with Crippen molar-refractivity contribution in [1.29, 1.82) is 0 Å². The SMILES string of the molecule is NC(=O)[C@H]([NH3+])CCC(F)(F)F. The summed E-state index contributed by atoms with van der Waals surface area (Å²) in [7, 11) is 0. The van der Waals surface area contributed by atoms with Gasteiger partial charge in [-0.2, -0.15) is 13.2 Å². The van der Waals surface area contributed by atoms with E-state index in [-0.39, 0.29) is 6.42 Å². The number of quaternary nitrogens is 1. The molecule has 0 unspecified atom stereocenters. The van der Waals surface area contributed by atoms with Gasteiger partial charge in [-0.3, -0.25) is 4.79 Å². The van der Waals surface area contributed by atoms with Crippen LogP contribution < -0.4 is 11.5 Å². The molecule has 0 aliphatic heterocycles. The van der Waals surface area contributed by atoms with Gasteiger partial charge in [0, 0.05) is 12.8 Å². The Kier molecular flexibility index (Phi) is 3.31. The van der Waals surface area contributed by atoms with Crippen LogP contribution in [-0.2, 0) is 4.79 Å². The van der Waals surface area contributed by atoms with Gasteiger partial charge in [-0.25, -0.2) is 0 Å². The molecule has 0 fully saturated rings. The van der Waals surface area contributed by atoms with Gasteiger partial charge in [0.15, 0.2) is 6.04 Å². The summed E-state index contributed by atoms with van der Waals surface area (Å²) in [6.07, 6.45) is -5.58. The van der Waals surface area contributed by atoms with E-state index in [0.29, 0.717) is 0 Å². The molecule has 0 spiro atoms. The minimum absolute atomic E-state index is 0.334. The summed E-state index contributed by atoms with van der Waals surface area (Å²) in [5.74, 6) is -0.797. The van der Waals surface area contributed by atoms with Gasteiger partial charge in [0.2, 0.25) is 0 Å². The van der Waals surface area contributed by atoms with E-state index in [1.165, 1.54) is 0 Å². The first kappa shape index (κ1) is 10.2. The molecule has 0 saturated heterocycles. The highest BCUT2D eigenvalue weighted by Crippen LogP contribution is 2.21. The van der Waals surface area contributed by atoms with Crippen LogP contribution in [0.5, 0.6) is 0 Å². The smallest absolute Gasteiger partial charge is 0.365 e. The number of carbonyl (C=O) groups excluding carboxylic acids is 1. The Balaban J connectivity index is 3.63. The van der Waals surface area contributed by atoms with Crippen LogP contribution in [0.4, 0.5) is 13.2 Å². The van der Waals surface area contributed by atoms with Gasteiger partial charge in [0.05, 0.1) is 0 Å². The van der Waals surface area contributed by atoms with Crippen molar-refractivity contribution in [2.75, 3.05) is 0 Å². The van der Waals surface area contributed by atoms with Gasteiger partial charge in [0.1, 0.15) is 0 Å². The van der Waals surface area contributed by atoms with Crippen LogP contribution in [0, 0.1) is 0 Å². The predicted octanol–water partition coefficient (Wildman–Crippen LogP) is -0.575. The molecule has 0 aromatic carbocycles. The van der Waals surface area contributed by atoms with Crippen molar-refractivity contribution in [3.05, 3.63) is 0 Å². The summed E-state index contributed by atoms with van der Waals surface area (Å²) >= 11 is 0. The fourth-order valence-electron chi connectivity index (χ4n) is 0.480. The molecule has 5 N–H and O–H groups in total. The maximum absolute atomic E-state index is 11.5. The number of nitrogens with two attached hydrogens (primary N) is 1. The molecule has 66 valence electrons. The standard InChI is InChI=1S/C5H9F3N2O/c6-5(7,8)2-1-3(9)4(10)11/h3H,1-2,9H2,(H2,10,11)/p+1/t3-/m1/s1. The van der Waals surface area contributed by atoms with Crippen LogP contribution in [0.3, 0.4) is 0 Å². The number of hydrogen-bond donors (Lipinski definition) is 2. The molecule has 0 bridgehead atoms. The minimum atomic E-state index is -4.23. The first-order valence-electron chi connectivity index (χ1n) is 3.02. The average molecular weight is 171 g/mol. The van der Waals surface area contributed by atoms with E-state index in [9.17, 15) is 18.0 Å². The van der Waals surface area contributed by atoms with Crippen LogP contribution in [0.2, 0.25) is 0 Å². The Morgan fingerprint density at radius 3 is 2.27 bits per heavy atom. The molecule has 0 aromatic heterocycles. The van der Waals surface area contributed by atoms with Crippen molar-refractivity contribution in [2.24, 2.45) is 5.73 Å². The second-order valence-electron chi connectivity index (χ2n) is 2.25. The Hall–Kier alpha value is -0.780. The first-order valence-corrected chi connectivity index (χ1v) is 3.02. The van der Waals surface area contributed by atoms with Crippen LogP contribution in [0.15, 0.2) is 0 Å². The van der Waals surface area contributed by atoms with Crippen molar-refractivity contribution < 1.29 is 23.7 Å². The zero-order valence-electron chi connectivity index (χ0n) is 5.82. The molecule has 0 aliphatic carbocycles. The number of alkyl halides is 3. The lowest BCUT2D eigenvalue weighted by atomic mass is 10.1. The molecular weight excluding hydrogens is 161 g/mol. The lowest BCUT2D eigenvalue weighted by molar-refractivity contribution is -0.406. The summed E-state index contributed by atoms with van der Waals surface area (Å²) in [5.41, 5.74) is 7.86. The molecule has 0 radical (unpaired) electrons.